The van der Waals surface area contributed by atoms with Crippen molar-refractivity contribution in [2.45, 2.75) is 25.7 Å². The van der Waals surface area contributed by atoms with E-state index in [2.05, 4.69) is 12.6 Å². The molecule has 0 radical (unpaired) electrons. The summed E-state index contributed by atoms with van der Waals surface area (Å²) in [5, 5.41) is 9.98. The molecule has 3 heteroatoms. The number of allylic oxidation sites excluding steroid dienone is 1. The van der Waals surface area contributed by atoms with Gasteiger partial charge in [-0.1, -0.05) is 6.58 Å². The molecule has 0 saturated heterocycles. The van der Waals surface area contributed by atoms with Gasteiger partial charge in [0, 0.05) is 28.6 Å². The highest BCUT2D eigenvalue weighted by atomic mass is 16.3. The molecule has 2 aromatic rings. The first-order valence-electron chi connectivity index (χ1n) is 6.14. The van der Waals surface area contributed by atoms with E-state index in [1.807, 2.05) is 12.1 Å². The van der Waals surface area contributed by atoms with Crippen molar-refractivity contribution in [2.24, 2.45) is 0 Å². The second-order valence-electron chi connectivity index (χ2n) is 4.71. The molecule has 1 aliphatic rings. The van der Waals surface area contributed by atoms with Gasteiger partial charge in [-0.3, -0.25) is 0 Å². The molecule has 0 amide bonds. The number of nitrogens with two attached hydrogens (primary N) is 1. The molecule has 1 aromatic carbocycles. The number of furan rings is 1. The Morgan fingerprint density at radius 1 is 1.33 bits per heavy atom. The Balaban J connectivity index is 2.36. The van der Waals surface area contributed by atoms with Crippen LogP contribution in [0.4, 0.5) is 5.69 Å². The van der Waals surface area contributed by atoms with E-state index in [4.69, 9.17) is 15.4 Å². The molecule has 90 valence electrons. The highest BCUT2D eigenvalue weighted by Crippen LogP contribution is 2.38. The van der Waals surface area contributed by atoms with E-state index in [0.29, 0.717) is 5.57 Å². The first-order valence-corrected chi connectivity index (χ1v) is 6.14. The standard InChI is InChI=1S/C15H14N2O/c1-9(8-16)10-6-7-12(17)14-11-4-2-3-5-13(11)18-15(10)14/h6-7H,1-5,17H2. The van der Waals surface area contributed by atoms with E-state index in [9.17, 15) is 0 Å². The van der Waals surface area contributed by atoms with E-state index in [-0.39, 0.29) is 0 Å². The number of nitrogens with zero attached hydrogens (tertiary/aromatic N) is 1. The Bertz CT molecular complexity index is 689. The molecule has 0 atom stereocenters. The van der Waals surface area contributed by atoms with Gasteiger partial charge in [0.25, 0.3) is 0 Å². The molecule has 3 nitrogen and oxygen atoms in total. The first kappa shape index (κ1) is 10.9. The van der Waals surface area contributed by atoms with Gasteiger partial charge in [-0.05, 0) is 31.4 Å². The van der Waals surface area contributed by atoms with E-state index < -0.39 is 0 Å². The van der Waals surface area contributed by atoms with Crippen molar-refractivity contribution in [3.63, 3.8) is 0 Å². The largest absolute Gasteiger partial charge is 0.460 e. The summed E-state index contributed by atoms with van der Waals surface area (Å²) in [5.41, 5.74) is 9.93. The van der Waals surface area contributed by atoms with Crippen LogP contribution in [0.3, 0.4) is 0 Å². The molecule has 0 aliphatic heterocycles. The maximum absolute atomic E-state index is 9.00. The molecule has 1 heterocycles. The van der Waals surface area contributed by atoms with Crippen LogP contribution in [0.2, 0.25) is 0 Å². The lowest BCUT2D eigenvalue weighted by molar-refractivity contribution is 0.505. The number of fused-ring (bicyclic) bond motifs is 3. The van der Waals surface area contributed by atoms with E-state index in [0.717, 1.165) is 47.2 Å². The number of nitrogen functional groups attached to an aromatic ring is 1. The maximum atomic E-state index is 9.00. The van der Waals surface area contributed by atoms with Gasteiger partial charge in [0.05, 0.1) is 11.6 Å². The third-order valence-electron chi connectivity index (χ3n) is 3.59. The zero-order valence-corrected chi connectivity index (χ0v) is 10.1. The molecule has 1 aromatic heterocycles. The fourth-order valence-corrected chi connectivity index (χ4v) is 2.69. The molecular formula is C15H14N2O. The second kappa shape index (κ2) is 3.92. The summed E-state index contributed by atoms with van der Waals surface area (Å²) in [4.78, 5) is 0. The van der Waals surface area contributed by atoms with Gasteiger partial charge in [-0.25, -0.2) is 0 Å². The summed E-state index contributed by atoms with van der Waals surface area (Å²) in [5.74, 6) is 1.03. The third kappa shape index (κ3) is 1.42. The number of hydrogen-bond donors (Lipinski definition) is 1. The van der Waals surface area contributed by atoms with Gasteiger partial charge in [-0.2, -0.15) is 5.26 Å². The van der Waals surface area contributed by atoms with Crippen molar-refractivity contribution in [3.8, 4) is 6.07 Å². The normalized spacial score (nSPS) is 14.2. The van der Waals surface area contributed by atoms with E-state index >= 15 is 0 Å². The van der Waals surface area contributed by atoms with Crippen LogP contribution in [0.1, 0.15) is 29.7 Å². The van der Waals surface area contributed by atoms with Crippen molar-refractivity contribution in [3.05, 3.63) is 35.6 Å². The average Bonchev–Trinajstić information content (AvgIpc) is 2.78. The highest BCUT2D eigenvalue weighted by Gasteiger charge is 2.21. The topological polar surface area (TPSA) is 63.0 Å². The zero-order chi connectivity index (χ0) is 12.7. The van der Waals surface area contributed by atoms with Crippen molar-refractivity contribution in [1.82, 2.24) is 0 Å². The lowest BCUT2D eigenvalue weighted by Gasteiger charge is -2.09. The van der Waals surface area contributed by atoms with Crippen molar-refractivity contribution in [1.29, 1.82) is 5.26 Å². The molecule has 1 aliphatic carbocycles. The maximum Gasteiger partial charge on any atom is 0.145 e. The Kier molecular flexibility index (Phi) is 2.38. The first-order chi connectivity index (χ1) is 8.72. The fraction of sp³-hybridized carbons (Fsp3) is 0.267. The van der Waals surface area contributed by atoms with Crippen LogP contribution in [0.5, 0.6) is 0 Å². The Morgan fingerprint density at radius 3 is 2.89 bits per heavy atom. The van der Waals surface area contributed by atoms with Crippen LogP contribution >= 0.6 is 0 Å². The van der Waals surface area contributed by atoms with Crippen LogP contribution in [-0.4, -0.2) is 0 Å². The molecule has 2 N–H and O–H groups in total. The molecular weight excluding hydrogens is 224 g/mol. The SMILES string of the molecule is C=C(C#N)c1ccc(N)c2c3c(oc12)CCCC3. The molecule has 3 rings (SSSR count). The number of anilines is 1. The smallest absolute Gasteiger partial charge is 0.145 e. The number of hydrogen-bond acceptors (Lipinski definition) is 3. The van der Waals surface area contributed by atoms with E-state index in [1.54, 1.807) is 0 Å². The molecule has 0 spiro atoms. The number of rotatable bonds is 1. The van der Waals surface area contributed by atoms with Crippen molar-refractivity contribution < 1.29 is 4.42 Å². The summed E-state index contributed by atoms with van der Waals surface area (Å²) in [6, 6.07) is 5.73. The lowest BCUT2D eigenvalue weighted by Crippen LogP contribution is -1.99. The summed E-state index contributed by atoms with van der Waals surface area (Å²) < 4.78 is 5.93. The quantitative estimate of drug-likeness (QED) is 0.611. The van der Waals surface area contributed by atoms with Crippen LogP contribution in [-0.2, 0) is 12.8 Å². The highest BCUT2D eigenvalue weighted by molar-refractivity contribution is 6.01. The van der Waals surface area contributed by atoms with Gasteiger partial charge in [0.15, 0.2) is 0 Å². The minimum absolute atomic E-state index is 0.422. The number of nitriles is 1. The Morgan fingerprint density at radius 2 is 2.11 bits per heavy atom. The zero-order valence-electron chi connectivity index (χ0n) is 10.1. The Labute approximate surface area is 105 Å². The van der Waals surface area contributed by atoms with Gasteiger partial charge in [0.1, 0.15) is 11.3 Å². The minimum Gasteiger partial charge on any atom is -0.460 e. The van der Waals surface area contributed by atoms with Crippen LogP contribution in [0.25, 0.3) is 16.5 Å². The fourth-order valence-electron chi connectivity index (χ4n) is 2.69. The molecule has 0 bridgehead atoms. The van der Waals surface area contributed by atoms with Crippen LogP contribution < -0.4 is 5.73 Å². The lowest BCUT2D eigenvalue weighted by atomic mass is 9.94. The van der Waals surface area contributed by atoms with Gasteiger partial charge >= 0.3 is 0 Å². The molecule has 0 fully saturated rings. The molecule has 0 unspecified atom stereocenters. The molecule has 0 saturated carbocycles. The Hall–Kier alpha value is -2.21. The van der Waals surface area contributed by atoms with Gasteiger partial charge in [0.2, 0.25) is 0 Å². The van der Waals surface area contributed by atoms with Crippen molar-refractivity contribution in [2.75, 3.05) is 5.73 Å². The van der Waals surface area contributed by atoms with Crippen LogP contribution in [0.15, 0.2) is 23.1 Å². The summed E-state index contributed by atoms with van der Waals surface area (Å²) >= 11 is 0. The third-order valence-corrected chi connectivity index (χ3v) is 3.59. The monoisotopic (exact) mass is 238 g/mol. The summed E-state index contributed by atoms with van der Waals surface area (Å²) in [6.45, 7) is 3.77. The van der Waals surface area contributed by atoms with E-state index in [1.165, 1.54) is 12.0 Å². The predicted octanol–water partition coefficient (Wildman–Crippen LogP) is 3.43. The number of aryl methyl sites for hydroxylation is 2. The predicted molar refractivity (Wildman–Crippen MR) is 71.9 cm³/mol. The van der Waals surface area contributed by atoms with Gasteiger partial charge < -0.3 is 10.2 Å². The average molecular weight is 238 g/mol. The van der Waals surface area contributed by atoms with Crippen LogP contribution in [0, 0.1) is 11.3 Å². The summed E-state index contributed by atoms with van der Waals surface area (Å²) in [6.07, 6.45) is 4.29. The summed E-state index contributed by atoms with van der Waals surface area (Å²) in [7, 11) is 0. The number of benzene rings is 1. The second-order valence-corrected chi connectivity index (χ2v) is 4.71. The van der Waals surface area contributed by atoms with Gasteiger partial charge in [-0.15, -0.1) is 0 Å². The molecule has 18 heavy (non-hydrogen) atoms. The minimum atomic E-state index is 0.422. The van der Waals surface area contributed by atoms with Crippen molar-refractivity contribution >= 4 is 22.2 Å².